The van der Waals surface area contributed by atoms with Crippen LogP contribution in [0.1, 0.15) is 33.2 Å². The highest BCUT2D eigenvalue weighted by Gasteiger charge is 2.21. The average molecular weight is 304 g/mol. The lowest BCUT2D eigenvalue weighted by molar-refractivity contribution is 0.101. The maximum atomic E-state index is 12.3. The van der Waals surface area contributed by atoms with E-state index in [9.17, 15) is 35.1 Å². The lowest BCUT2D eigenvalue weighted by Gasteiger charge is -2.09. The standard InChI is InChI=1S/C15H12O7/c1-6(16)8-4-9(11(18)5-10(8)17)14(21)7-2-12(19)15(22)13(20)3-7/h2-5,17-20,22H,1H3. The molecule has 5 N–H and O–H groups in total. The molecule has 0 amide bonds. The van der Waals surface area contributed by atoms with E-state index in [0.717, 1.165) is 24.3 Å². The van der Waals surface area contributed by atoms with Crippen LogP contribution in [0.15, 0.2) is 24.3 Å². The van der Waals surface area contributed by atoms with Crippen molar-refractivity contribution in [3.63, 3.8) is 0 Å². The van der Waals surface area contributed by atoms with Gasteiger partial charge in [-0.25, -0.2) is 0 Å². The Hall–Kier alpha value is -3.22. The molecule has 2 rings (SSSR count). The molecule has 0 aliphatic carbocycles. The molecular formula is C15H12O7. The van der Waals surface area contributed by atoms with E-state index in [0.29, 0.717) is 0 Å². The van der Waals surface area contributed by atoms with Crippen LogP contribution in [0.25, 0.3) is 0 Å². The molecule has 0 aromatic heterocycles. The smallest absolute Gasteiger partial charge is 0.200 e. The molecule has 2 aromatic carbocycles. The van der Waals surface area contributed by atoms with Crippen LogP contribution in [0.4, 0.5) is 0 Å². The molecule has 7 nitrogen and oxygen atoms in total. The number of hydrogen-bond acceptors (Lipinski definition) is 7. The van der Waals surface area contributed by atoms with E-state index in [1.54, 1.807) is 0 Å². The third-order valence-electron chi connectivity index (χ3n) is 3.07. The summed E-state index contributed by atoms with van der Waals surface area (Å²) in [6, 6.07) is 3.66. The Bertz CT molecular complexity index is 770. The van der Waals surface area contributed by atoms with E-state index in [-0.39, 0.29) is 16.7 Å². The number of phenols is 5. The zero-order valence-electron chi connectivity index (χ0n) is 11.4. The Morgan fingerprint density at radius 3 is 1.73 bits per heavy atom. The van der Waals surface area contributed by atoms with Gasteiger partial charge in [0.25, 0.3) is 0 Å². The van der Waals surface area contributed by atoms with Crippen molar-refractivity contribution in [2.24, 2.45) is 0 Å². The van der Waals surface area contributed by atoms with Gasteiger partial charge in [-0.2, -0.15) is 0 Å². The summed E-state index contributed by atoms with van der Waals surface area (Å²) in [5, 5.41) is 47.4. The van der Waals surface area contributed by atoms with Crippen molar-refractivity contribution in [2.45, 2.75) is 6.92 Å². The van der Waals surface area contributed by atoms with Crippen molar-refractivity contribution in [1.29, 1.82) is 0 Å². The Morgan fingerprint density at radius 2 is 1.23 bits per heavy atom. The second-order valence-electron chi connectivity index (χ2n) is 4.63. The molecule has 114 valence electrons. The van der Waals surface area contributed by atoms with E-state index < -0.39 is 40.3 Å². The topological polar surface area (TPSA) is 135 Å². The summed E-state index contributed by atoms with van der Waals surface area (Å²) in [5.41, 5.74) is -0.677. The van der Waals surface area contributed by atoms with E-state index in [4.69, 9.17) is 0 Å². The van der Waals surface area contributed by atoms with Crippen LogP contribution in [-0.2, 0) is 0 Å². The zero-order chi connectivity index (χ0) is 16.6. The van der Waals surface area contributed by atoms with Crippen LogP contribution in [0.2, 0.25) is 0 Å². The van der Waals surface area contributed by atoms with Gasteiger partial charge in [-0.05, 0) is 25.1 Å². The van der Waals surface area contributed by atoms with E-state index in [1.165, 1.54) is 6.92 Å². The molecule has 0 aliphatic heterocycles. The predicted molar refractivity (Wildman–Crippen MR) is 74.6 cm³/mol. The molecule has 0 saturated heterocycles. The van der Waals surface area contributed by atoms with Gasteiger partial charge in [0.05, 0.1) is 11.1 Å². The number of carbonyl (C=O) groups excluding carboxylic acids is 2. The van der Waals surface area contributed by atoms with Gasteiger partial charge in [-0.1, -0.05) is 0 Å². The van der Waals surface area contributed by atoms with Crippen molar-refractivity contribution in [3.05, 3.63) is 41.0 Å². The molecular weight excluding hydrogens is 292 g/mol. The number of phenolic OH excluding ortho intramolecular Hbond substituents is 5. The van der Waals surface area contributed by atoms with Crippen molar-refractivity contribution in [3.8, 4) is 28.7 Å². The van der Waals surface area contributed by atoms with Crippen molar-refractivity contribution in [2.75, 3.05) is 0 Å². The minimum atomic E-state index is -0.814. The summed E-state index contributed by atoms with van der Waals surface area (Å²) < 4.78 is 0. The molecule has 7 heteroatoms. The van der Waals surface area contributed by atoms with Crippen LogP contribution >= 0.6 is 0 Å². The Balaban J connectivity index is 2.59. The van der Waals surface area contributed by atoms with Gasteiger partial charge in [-0.15, -0.1) is 0 Å². The number of aromatic hydroxyl groups is 5. The van der Waals surface area contributed by atoms with Crippen LogP contribution in [0, 0.1) is 0 Å². The molecule has 0 radical (unpaired) electrons. The predicted octanol–water partition coefficient (Wildman–Crippen LogP) is 1.65. The summed E-state index contributed by atoms with van der Waals surface area (Å²) in [5.74, 6) is -4.58. The molecule has 0 fully saturated rings. The van der Waals surface area contributed by atoms with Crippen LogP contribution in [-0.4, -0.2) is 37.1 Å². The molecule has 0 spiro atoms. The van der Waals surface area contributed by atoms with E-state index in [2.05, 4.69) is 0 Å². The lowest BCUT2D eigenvalue weighted by Crippen LogP contribution is -2.04. The van der Waals surface area contributed by atoms with E-state index >= 15 is 0 Å². The Labute approximate surface area is 124 Å². The molecule has 0 heterocycles. The second kappa shape index (κ2) is 5.28. The number of carbonyl (C=O) groups is 2. The van der Waals surface area contributed by atoms with Gasteiger partial charge in [0.2, 0.25) is 0 Å². The molecule has 0 saturated carbocycles. The maximum Gasteiger partial charge on any atom is 0.200 e. The van der Waals surface area contributed by atoms with Gasteiger partial charge < -0.3 is 25.5 Å². The average Bonchev–Trinajstić information content (AvgIpc) is 2.43. The van der Waals surface area contributed by atoms with Gasteiger partial charge >= 0.3 is 0 Å². The minimum Gasteiger partial charge on any atom is -0.507 e. The van der Waals surface area contributed by atoms with Crippen LogP contribution in [0.5, 0.6) is 28.7 Å². The van der Waals surface area contributed by atoms with Gasteiger partial charge in [0.15, 0.2) is 28.8 Å². The third-order valence-corrected chi connectivity index (χ3v) is 3.07. The zero-order valence-corrected chi connectivity index (χ0v) is 11.4. The number of Topliss-reactive ketones (excluding diaryl/α,β-unsaturated/α-hetero) is 1. The quantitative estimate of drug-likeness (QED) is 0.429. The number of rotatable bonds is 3. The first-order valence-electron chi connectivity index (χ1n) is 6.09. The largest absolute Gasteiger partial charge is 0.507 e. The van der Waals surface area contributed by atoms with Crippen LogP contribution in [0.3, 0.4) is 0 Å². The fraction of sp³-hybridized carbons (Fsp3) is 0.0667. The second-order valence-corrected chi connectivity index (χ2v) is 4.63. The summed E-state index contributed by atoms with van der Waals surface area (Å²) >= 11 is 0. The fourth-order valence-electron chi connectivity index (χ4n) is 1.93. The van der Waals surface area contributed by atoms with Gasteiger partial charge in [0.1, 0.15) is 11.5 Å². The van der Waals surface area contributed by atoms with Gasteiger partial charge in [0, 0.05) is 11.6 Å². The molecule has 22 heavy (non-hydrogen) atoms. The molecule has 2 aromatic rings. The highest BCUT2D eigenvalue weighted by Crippen LogP contribution is 2.37. The first-order valence-corrected chi connectivity index (χ1v) is 6.09. The van der Waals surface area contributed by atoms with Crippen LogP contribution < -0.4 is 0 Å². The summed E-state index contributed by atoms with van der Waals surface area (Å²) in [6.07, 6.45) is 0. The maximum absolute atomic E-state index is 12.3. The number of benzene rings is 2. The van der Waals surface area contributed by atoms with Gasteiger partial charge in [-0.3, -0.25) is 9.59 Å². The third kappa shape index (κ3) is 2.51. The number of ketones is 2. The molecule has 0 unspecified atom stereocenters. The monoisotopic (exact) mass is 304 g/mol. The van der Waals surface area contributed by atoms with E-state index in [1.807, 2.05) is 0 Å². The van der Waals surface area contributed by atoms with Crippen molar-refractivity contribution in [1.82, 2.24) is 0 Å². The van der Waals surface area contributed by atoms with Crippen molar-refractivity contribution < 1.29 is 35.1 Å². The van der Waals surface area contributed by atoms with Crippen molar-refractivity contribution >= 4 is 11.6 Å². The molecule has 0 aliphatic rings. The molecule has 0 bridgehead atoms. The fourth-order valence-corrected chi connectivity index (χ4v) is 1.93. The number of hydrogen-bond donors (Lipinski definition) is 5. The Morgan fingerprint density at radius 1 is 0.727 bits per heavy atom. The first kappa shape index (κ1) is 15.2. The SMILES string of the molecule is CC(=O)c1cc(C(=O)c2cc(O)c(O)c(O)c2)c(O)cc1O. The summed E-state index contributed by atoms with van der Waals surface area (Å²) in [7, 11) is 0. The lowest BCUT2D eigenvalue weighted by atomic mass is 9.98. The first-order chi connectivity index (χ1) is 10.2. The highest BCUT2D eigenvalue weighted by molar-refractivity contribution is 6.12. The highest BCUT2D eigenvalue weighted by atomic mass is 16.3. The normalized spacial score (nSPS) is 10.4. The molecule has 0 atom stereocenters. The minimum absolute atomic E-state index is 0.159. The summed E-state index contributed by atoms with van der Waals surface area (Å²) in [6.45, 7) is 1.18. The summed E-state index contributed by atoms with van der Waals surface area (Å²) in [4.78, 5) is 23.7. The Kier molecular flexibility index (Phi) is 3.64.